The van der Waals surface area contributed by atoms with Crippen LogP contribution in [0.3, 0.4) is 0 Å². The number of carbonyl (C=O) groups is 1. The summed E-state index contributed by atoms with van der Waals surface area (Å²) in [6.45, 7) is 4.97. The Hall–Kier alpha value is -2.95. The van der Waals surface area contributed by atoms with Crippen LogP contribution >= 0.6 is 0 Å². The first-order valence-electron chi connectivity index (χ1n) is 12.3. The molecular weight excluding hydrogens is 428 g/mol. The van der Waals surface area contributed by atoms with Gasteiger partial charge in [-0.3, -0.25) is 4.90 Å². The Bertz CT molecular complexity index is 1160. The Morgan fingerprint density at radius 3 is 2.76 bits per heavy atom. The van der Waals surface area contributed by atoms with E-state index in [0.717, 1.165) is 48.4 Å². The lowest BCUT2D eigenvalue weighted by Gasteiger charge is -2.45. The molecule has 0 saturated carbocycles. The van der Waals surface area contributed by atoms with Crippen molar-refractivity contribution < 1.29 is 14.6 Å². The topological polar surface area (TPSA) is 89.7 Å². The number of esters is 1. The fraction of sp³-hybridized carbons (Fsp3) is 0.519. The van der Waals surface area contributed by atoms with Gasteiger partial charge in [-0.05, 0) is 73.8 Å². The van der Waals surface area contributed by atoms with E-state index in [0.29, 0.717) is 41.8 Å². The average molecular weight is 459 g/mol. The minimum atomic E-state index is -0.568. The summed E-state index contributed by atoms with van der Waals surface area (Å²) >= 11 is 0. The first-order valence-corrected chi connectivity index (χ1v) is 12.3. The van der Waals surface area contributed by atoms with E-state index in [4.69, 9.17) is 10.00 Å². The van der Waals surface area contributed by atoms with Crippen molar-refractivity contribution >= 4 is 11.8 Å². The number of fused-ring (bicyclic) bond motifs is 3. The van der Waals surface area contributed by atoms with Gasteiger partial charge in [-0.25, -0.2) is 9.78 Å². The fourth-order valence-corrected chi connectivity index (χ4v) is 6.96. The van der Waals surface area contributed by atoms with Crippen molar-refractivity contribution in [2.24, 2.45) is 5.41 Å². The van der Waals surface area contributed by atoms with Gasteiger partial charge in [0.25, 0.3) is 0 Å². The summed E-state index contributed by atoms with van der Waals surface area (Å²) in [5, 5.41) is 20.2. The lowest BCUT2D eigenvalue weighted by molar-refractivity contribution is 0.0161. The molecule has 7 heteroatoms. The third-order valence-electron chi connectivity index (χ3n) is 8.70. The van der Waals surface area contributed by atoms with E-state index in [9.17, 15) is 9.90 Å². The molecule has 0 radical (unpaired) electrons. The molecule has 7 nitrogen and oxygen atoms in total. The first kappa shape index (κ1) is 21.6. The molecule has 2 bridgehead atoms. The Morgan fingerprint density at radius 1 is 1.26 bits per heavy atom. The zero-order valence-corrected chi connectivity index (χ0v) is 19.5. The van der Waals surface area contributed by atoms with Gasteiger partial charge in [0, 0.05) is 43.5 Å². The van der Waals surface area contributed by atoms with Gasteiger partial charge in [0.1, 0.15) is 18.5 Å². The molecule has 5 heterocycles. The quantitative estimate of drug-likeness (QED) is 0.702. The van der Waals surface area contributed by atoms with Gasteiger partial charge >= 0.3 is 5.97 Å². The van der Waals surface area contributed by atoms with E-state index >= 15 is 0 Å². The number of rotatable bonds is 4. The number of nitrogens with zero attached hydrogens (tertiary/aromatic N) is 4. The molecule has 1 aromatic carbocycles. The van der Waals surface area contributed by atoms with Crippen molar-refractivity contribution in [1.29, 1.82) is 5.26 Å². The van der Waals surface area contributed by atoms with E-state index in [1.54, 1.807) is 12.3 Å². The summed E-state index contributed by atoms with van der Waals surface area (Å²) in [5.41, 5.74) is 4.36. The Morgan fingerprint density at radius 2 is 2.06 bits per heavy atom. The molecule has 34 heavy (non-hydrogen) atoms. The summed E-state index contributed by atoms with van der Waals surface area (Å²) < 4.78 is 5.18. The summed E-state index contributed by atoms with van der Waals surface area (Å²) in [5.74, 6) is 0.705. The summed E-state index contributed by atoms with van der Waals surface area (Å²) in [6, 6.07) is 10.7. The average Bonchev–Trinajstić information content (AvgIpc) is 3.49. The largest absolute Gasteiger partial charge is 0.457 e. The molecule has 4 aliphatic heterocycles. The van der Waals surface area contributed by atoms with Crippen molar-refractivity contribution in [3.63, 3.8) is 0 Å². The number of benzene rings is 1. The van der Waals surface area contributed by atoms with Crippen molar-refractivity contribution in [2.75, 3.05) is 24.5 Å². The molecule has 1 spiro atoms. The highest BCUT2D eigenvalue weighted by Gasteiger charge is 2.51. The van der Waals surface area contributed by atoms with Gasteiger partial charge in [-0.1, -0.05) is 6.07 Å². The van der Waals surface area contributed by atoms with Crippen LogP contribution in [-0.4, -0.2) is 52.7 Å². The van der Waals surface area contributed by atoms with Crippen LogP contribution in [0.5, 0.6) is 0 Å². The monoisotopic (exact) mass is 458 g/mol. The van der Waals surface area contributed by atoms with Gasteiger partial charge in [-0.15, -0.1) is 0 Å². The van der Waals surface area contributed by atoms with Gasteiger partial charge in [0.2, 0.25) is 0 Å². The third-order valence-corrected chi connectivity index (χ3v) is 8.70. The highest BCUT2D eigenvalue weighted by Crippen LogP contribution is 2.51. The number of aromatic nitrogens is 1. The molecule has 3 atom stereocenters. The summed E-state index contributed by atoms with van der Waals surface area (Å²) in [4.78, 5) is 21.3. The number of piperidine rings is 1. The number of ether oxygens (including phenoxy) is 1. The lowest BCUT2D eigenvalue weighted by Crippen LogP contribution is -2.49. The highest BCUT2D eigenvalue weighted by atomic mass is 16.5. The molecule has 2 aromatic rings. The number of nitriles is 1. The van der Waals surface area contributed by atoms with E-state index in [1.165, 1.54) is 19.3 Å². The highest BCUT2D eigenvalue weighted by molar-refractivity contribution is 5.93. The van der Waals surface area contributed by atoms with E-state index in [2.05, 4.69) is 20.9 Å². The van der Waals surface area contributed by atoms with Crippen molar-refractivity contribution in [3.05, 3.63) is 58.3 Å². The number of hydrogen-bond donors (Lipinski definition) is 1. The number of hydrogen-bond acceptors (Lipinski definition) is 7. The van der Waals surface area contributed by atoms with Crippen LogP contribution in [0.25, 0.3) is 0 Å². The van der Waals surface area contributed by atoms with Crippen LogP contribution in [0.4, 0.5) is 5.82 Å². The van der Waals surface area contributed by atoms with Gasteiger partial charge in [-0.2, -0.15) is 5.26 Å². The Balaban J connectivity index is 1.14. The van der Waals surface area contributed by atoms with Crippen LogP contribution in [0.1, 0.15) is 70.8 Å². The minimum Gasteiger partial charge on any atom is -0.457 e. The smallest absolute Gasteiger partial charge is 0.338 e. The molecule has 6 rings (SSSR count). The van der Waals surface area contributed by atoms with Crippen LogP contribution in [0.15, 0.2) is 30.5 Å². The van der Waals surface area contributed by atoms with Crippen LogP contribution in [-0.2, 0) is 11.3 Å². The number of carbonyl (C=O) groups excluding carboxylic acids is 1. The SMILES string of the molecule is Cc1c(C(O)CN2C3CCC2CC2(CCN(c4ccc(C#N)cn4)C2)C3)ccc2c1COC2=O. The molecule has 3 fully saturated rings. The predicted molar refractivity (Wildman–Crippen MR) is 126 cm³/mol. The second kappa shape index (κ2) is 8.07. The zero-order chi connectivity index (χ0) is 23.4. The second-order valence-electron chi connectivity index (χ2n) is 10.6. The molecule has 1 N–H and O–H groups in total. The van der Waals surface area contributed by atoms with Crippen LogP contribution in [0, 0.1) is 23.7 Å². The van der Waals surface area contributed by atoms with Crippen molar-refractivity contribution in [1.82, 2.24) is 9.88 Å². The Labute approximate surface area is 200 Å². The van der Waals surface area contributed by atoms with E-state index < -0.39 is 6.10 Å². The summed E-state index contributed by atoms with van der Waals surface area (Å²) in [7, 11) is 0. The maximum absolute atomic E-state index is 11.9. The van der Waals surface area contributed by atoms with Crippen LogP contribution < -0.4 is 4.90 Å². The maximum Gasteiger partial charge on any atom is 0.338 e. The minimum absolute atomic E-state index is 0.264. The van der Waals surface area contributed by atoms with Crippen molar-refractivity contribution in [2.45, 2.75) is 63.8 Å². The molecule has 0 aliphatic carbocycles. The normalized spacial score (nSPS) is 28.7. The molecule has 0 amide bonds. The van der Waals surface area contributed by atoms with Gasteiger partial charge in [0.15, 0.2) is 0 Å². The number of anilines is 1. The van der Waals surface area contributed by atoms with Gasteiger partial charge < -0.3 is 14.7 Å². The van der Waals surface area contributed by atoms with Crippen LogP contribution in [0.2, 0.25) is 0 Å². The van der Waals surface area contributed by atoms with Crippen molar-refractivity contribution in [3.8, 4) is 6.07 Å². The zero-order valence-electron chi connectivity index (χ0n) is 19.5. The van der Waals surface area contributed by atoms with Gasteiger partial charge in [0.05, 0.1) is 17.2 Å². The van der Waals surface area contributed by atoms with E-state index in [1.807, 2.05) is 25.1 Å². The lowest BCUT2D eigenvalue weighted by atomic mass is 9.74. The molecule has 176 valence electrons. The standard InChI is InChI=1S/C27H30N4O3/c1-17-21(5-6-22-23(17)15-34-26(22)33)24(32)14-31-19-3-4-20(31)11-27(10-19)8-9-30(16-27)25-7-2-18(12-28)13-29-25/h2,5-7,13,19-20,24,32H,3-4,8-11,14-16H2,1H3. The maximum atomic E-state index is 11.9. The number of cyclic esters (lactones) is 1. The second-order valence-corrected chi connectivity index (χ2v) is 10.6. The fourth-order valence-electron chi connectivity index (χ4n) is 6.96. The molecule has 1 aromatic heterocycles. The Kier molecular flexibility index (Phi) is 5.12. The predicted octanol–water partition coefficient (Wildman–Crippen LogP) is 3.49. The molecular formula is C27H30N4O3. The number of pyridine rings is 1. The number of aliphatic hydroxyl groups excluding tert-OH is 1. The third kappa shape index (κ3) is 3.48. The van der Waals surface area contributed by atoms with E-state index in [-0.39, 0.29) is 5.97 Å². The molecule has 3 unspecified atom stereocenters. The molecule has 4 aliphatic rings. The first-order chi connectivity index (χ1) is 16.5. The summed E-state index contributed by atoms with van der Waals surface area (Å²) in [6.07, 6.45) is 6.98. The number of aliphatic hydroxyl groups is 1. The molecule has 3 saturated heterocycles.